The van der Waals surface area contributed by atoms with Gasteiger partial charge in [0.05, 0.1) is 16.8 Å². The Morgan fingerprint density at radius 1 is 1.26 bits per heavy atom. The molecule has 27 heavy (non-hydrogen) atoms. The number of carbonyl (C=O) groups is 1. The molecule has 8 heteroatoms. The summed E-state index contributed by atoms with van der Waals surface area (Å²) in [5.41, 5.74) is 1.90. The highest BCUT2D eigenvalue weighted by Gasteiger charge is 2.12. The van der Waals surface area contributed by atoms with E-state index in [0.29, 0.717) is 13.1 Å². The number of carbonyl (C=O) groups excluding carboxylic acids is 1. The average Bonchev–Trinajstić information content (AvgIpc) is 3.35. The van der Waals surface area contributed by atoms with Crippen LogP contribution in [0.1, 0.15) is 10.6 Å². The third kappa shape index (κ3) is 3.95. The minimum Gasteiger partial charge on any atom is -0.334 e. The highest BCUT2D eigenvalue weighted by Crippen LogP contribution is 2.22. The van der Waals surface area contributed by atoms with Gasteiger partial charge >= 0.3 is 6.03 Å². The Hall–Kier alpha value is -3.26. The summed E-state index contributed by atoms with van der Waals surface area (Å²) in [6.45, 7) is 0.892. The van der Waals surface area contributed by atoms with Crippen LogP contribution < -0.4 is 5.32 Å². The predicted octanol–water partition coefficient (Wildman–Crippen LogP) is 3.22. The van der Waals surface area contributed by atoms with Gasteiger partial charge in [0, 0.05) is 32.2 Å². The Morgan fingerprint density at radius 2 is 2.15 bits per heavy atom. The molecule has 7 nitrogen and oxygen atoms in total. The van der Waals surface area contributed by atoms with Crippen molar-refractivity contribution < 1.29 is 4.79 Å². The summed E-state index contributed by atoms with van der Waals surface area (Å²) in [7, 11) is 1.77. The summed E-state index contributed by atoms with van der Waals surface area (Å²) in [5.74, 6) is 0.788. The normalized spacial score (nSPS) is 10.9. The van der Waals surface area contributed by atoms with E-state index in [1.54, 1.807) is 42.0 Å². The second-order valence-electron chi connectivity index (χ2n) is 6.08. The van der Waals surface area contributed by atoms with Crippen LogP contribution in [-0.4, -0.2) is 37.5 Å². The molecular weight excluding hydrogens is 360 g/mol. The van der Waals surface area contributed by atoms with Gasteiger partial charge in [-0.15, -0.1) is 11.3 Å². The third-order valence-electron chi connectivity index (χ3n) is 4.08. The first-order chi connectivity index (χ1) is 13.2. The smallest absolute Gasteiger partial charge is 0.317 e. The quantitative estimate of drug-likeness (QED) is 0.579. The zero-order valence-electron chi connectivity index (χ0n) is 14.7. The van der Waals surface area contributed by atoms with Crippen LogP contribution in [-0.2, 0) is 13.1 Å². The highest BCUT2D eigenvalue weighted by molar-refractivity contribution is 7.18. The van der Waals surface area contributed by atoms with Gasteiger partial charge in [0.2, 0.25) is 0 Å². The van der Waals surface area contributed by atoms with Crippen molar-refractivity contribution in [3.8, 4) is 5.82 Å². The fraction of sp³-hybridized carbons (Fsp3) is 0.158. The first-order valence-electron chi connectivity index (χ1n) is 8.46. The Labute approximate surface area is 160 Å². The Bertz CT molecular complexity index is 1010. The lowest BCUT2D eigenvalue weighted by Gasteiger charge is -2.16. The number of amides is 2. The van der Waals surface area contributed by atoms with Gasteiger partial charge in [0.1, 0.15) is 17.2 Å². The van der Waals surface area contributed by atoms with Crippen LogP contribution in [0.15, 0.2) is 61.3 Å². The number of para-hydroxylation sites is 1. The molecule has 0 fully saturated rings. The first-order valence-corrected chi connectivity index (χ1v) is 9.27. The second kappa shape index (κ2) is 7.55. The number of urea groups is 1. The van der Waals surface area contributed by atoms with Gasteiger partial charge in [0.25, 0.3) is 0 Å². The number of nitrogens with one attached hydrogen (secondary N) is 1. The van der Waals surface area contributed by atoms with Crippen LogP contribution in [0.4, 0.5) is 4.79 Å². The predicted molar refractivity (Wildman–Crippen MR) is 105 cm³/mol. The zero-order valence-corrected chi connectivity index (χ0v) is 15.6. The fourth-order valence-corrected chi connectivity index (χ4v) is 3.66. The molecule has 0 aliphatic rings. The first kappa shape index (κ1) is 17.2. The van der Waals surface area contributed by atoms with Crippen LogP contribution in [0.5, 0.6) is 0 Å². The number of imidazole rings is 1. The number of aromatic nitrogens is 4. The summed E-state index contributed by atoms with van der Waals surface area (Å²) in [4.78, 5) is 26.9. The van der Waals surface area contributed by atoms with E-state index < -0.39 is 0 Å². The second-order valence-corrected chi connectivity index (χ2v) is 7.20. The molecule has 0 saturated heterocycles. The minimum atomic E-state index is -0.145. The number of benzene rings is 1. The van der Waals surface area contributed by atoms with E-state index in [1.807, 2.05) is 47.2 Å². The summed E-state index contributed by atoms with van der Waals surface area (Å²) < 4.78 is 2.96. The molecule has 136 valence electrons. The van der Waals surface area contributed by atoms with E-state index in [-0.39, 0.29) is 6.03 Å². The number of hydrogen-bond acceptors (Lipinski definition) is 5. The van der Waals surface area contributed by atoms with Gasteiger partial charge in [-0.3, -0.25) is 4.57 Å². The molecule has 0 saturated carbocycles. The van der Waals surface area contributed by atoms with Crippen LogP contribution in [0.2, 0.25) is 0 Å². The van der Waals surface area contributed by atoms with Crippen molar-refractivity contribution in [2.24, 2.45) is 0 Å². The van der Waals surface area contributed by atoms with E-state index in [2.05, 4.69) is 20.3 Å². The number of thiazole rings is 1. The number of fused-ring (bicyclic) bond motifs is 1. The highest BCUT2D eigenvalue weighted by atomic mass is 32.1. The van der Waals surface area contributed by atoms with Crippen molar-refractivity contribution in [3.05, 3.63) is 71.9 Å². The topological polar surface area (TPSA) is 75.9 Å². The number of hydrogen-bond donors (Lipinski definition) is 1. The molecule has 4 rings (SSSR count). The molecule has 3 heterocycles. The van der Waals surface area contributed by atoms with Crippen molar-refractivity contribution in [2.75, 3.05) is 7.05 Å². The molecule has 2 amide bonds. The summed E-state index contributed by atoms with van der Waals surface area (Å²) in [6.07, 6.45) is 6.99. The van der Waals surface area contributed by atoms with Crippen LogP contribution in [0, 0.1) is 0 Å². The van der Waals surface area contributed by atoms with Crippen LogP contribution in [0.25, 0.3) is 16.0 Å². The van der Waals surface area contributed by atoms with Crippen molar-refractivity contribution >= 4 is 27.6 Å². The standard InChI is InChI=1S/C19H18N6OS/c1-24(12-18-23-15-4-2-3-5-16(15)27-18)19(26)22-11-14-6-7-17(21-10-14)25-9-8-20-13-25/h2-10,13H,11-12H2,1H3,(H,22,26). The van der Waals surface area contributed by atoms with E-state index in [9.17, 15) is 4.79 Å². The van der Waals surface area contributed by atoms with Crippen LogP contribution >= 0.6 is 11.3 Å². The monoisotopic (exact) mass is 378 g/mol. The lowest BCUT2D eigenvalue weighted by Crippen LogP contribution is -2.36. The average molecular weight is 378 g/mol. The zero-order chi connectivity index (χ0) is 18.6. The molecule has 4 aromatic rings. The Kier molecular flexibility index (Phi) is 4.80. The summed E-state index contributed by atoms with van der Waals surface area (Å²) in [5, 5.41) is 3.83. The summed E-state index contributed by atoms with van der Waals surface area (Å²) in [6, 6.07) is 11.7. The molecule has 0 atom stereocenters. The third-order valence-corrected chi connectivity index (χ3v) is 5.10. The molecular formula is C19H18N6OS. The van der Waals surface area contributed by atoms with E-state index in [0.717, 1.165) is 26.6 Å². The lowest BCUT2D eigenvalue weighted by molar-refractivity contribution is 0.206. The maximum atomic E-state index is 12.3. The fourth-order valence-electron chi connectivity index (χ4n) is 2.64. The number of pyridine rings is 1. The van der Waals surface area contributed by atoms with Gasteiger partial charge in [0.15, 0.2) is 0 Å². The Balaban J connectivity index is 1.33. The minimum absolute atomic E-state index is 0.145. The van der Waals surface area contributed by atoms with Crippen LogP contribution in [0.3, 0.4) is 0 Å². The molecule has 0 spiro atoms. The largest absolute Gasteiger partial charge is 0.334 e. The molecule has 0 radical (unpaired) electrons. The van der Waals surface area contributed by atoms with Crippen molar-refractivity contribution in [2.45, 2.75) is 13.1 Å². The number of rotatable bonds is 5. The maximum absolute atomic E-state index is 12.3. The molecule has 0 unspecified atom stereocenters. The van der Waals surface area contributed by atoms with E-state index >= 15 is 0 Å². The maximum Gasteiger partial charge on any atom is 0.317 e. The lowest BCUT2D eigenvalue weighted by atomic mass is 10.3. The Morgan fingerprint density at radius 3 is 2.89 bits per heavy atom. The summed E-state index contributed by atoms with van der Waals surface area (Å²) >= 11 is 1.61. The molecule has 0 bridgehead atoms. The van der Waals surface area contributed by atoms with Crippen molar-refractivity contribution in [1.29, 1.82) is 0 Å². The molecule has 0 aliphatic heterocycles. The molecule has 3 aromatic heterocycles. The van der Waals surface area contributed by atoms with E-state index in [1.165, 1.54) is 0 Å². The van der Waals surface area contributed by atoms with Crippen molar-refractivity contribution in [3.63, 3.8) is 0 Å². The number of nitrogens with zero attached hydrogens (tertiary/aromatic N) is 5. The van der Waals surface area contributed by atoms with Gasteiger partial charge in [-0.1, -0.05) is 18.2 Å². The van der Waals surface area contributed by atoms with E-state index in [4.69, 9.17) is 0 Å². The van der Waals surface area contributed by atoms with Gasteiger partial charge in [-0.2, -0.15) is 0 Å². The van der Waals surface area contributed by atoms with Gasteiger partial charge in [-0.25, -0.2) is 19.7 Å². The van der Waals surface area contributed by atoms with Gasteiger partial charge < -0.3 is 10.2 Å². The van der Waals surface area contributed by atoms with Crippen molar-refractivity contribution in [1.82, 2.24) is 29.7 Å². The molecule has 0 aliphatic carbocycles. The SMILES string of the molecule is CN(Cc1nc2ccccc2s1)C(=O)NCc1ccc(-n2ccnc2)nc1. The molecule has 1 aromatic carbocycles. The van der Waals surface area contributed by atoms with Gasteiger partial charge in [-0.05, 0) is 23.8 Å². The molecule has 1 N–H and O–H groups in total.